The van der Waals surface area contributed by atoms with Gasteiger partial charge in [-0.2, -0.15) is 0 Å². The molecule has 9 heteroatoms. The van der Waals surface area contributed by atoms with Gasteiger partial charge in [-0.15, -0.1) is 22.6 Å². The number of nitrogens with zero attached hydrogens (tertiary/aromatic N) is 2. The highest BCUT2D eigenvalue weighted by Crippen LogP contribution is 2.35. The Hall–Kier alpha value is -0.860. The van der Waals surface area contributed by atoms with Gasteiger partial charge in [0.2, 0.25) is 5.91 Å². The Kier molecular flexibility index (Phi) is 7.10. The summed E-state index contributed by atoms with van der Waals surface area (Å²) >= 11 is 9.22. The molecule has 0 saturated carbocycles. The van der Waals surface area contributed by atoms with Crippen molar-refractivity contribution in [2.75, 3.05) is 18.4 Å². The highest BCUT2D eigenvalue weighted by atomic mass is 35.5. The van der Waals surface area contributed by atoms with Crippen molar-refractivity contribution in [1.29, 1.82) is 0 Å². The van der Waals surface area contributed by atoms with E-state index in [0.717, 1.165) is 40.9 Å². The first-order chi connectivity index (χ1) is 10.7. The smallest absolute Gasteiger partial charge is 0.227 e. The summed E-state index contributed by atoms with van der Waals surface area (Å²) in [6, 6.07) is 5.55. The molecule has 124 valence electrons. The fraction of sp³-hybridized carbons (Fsp3) is 0.357. The van der Waals surface area contributed by atoms with E-state index in [0.29, 0.717) is 5.02 Å². The Balaban J connectivity index is 0.00000192. The van der Waals surface area contributed by atoms with Gasteiger partial charge in [-0.3, -0.25) is 4.79 Å². The van der Waals surface area contributed by atoms with Crippen molar-refractivity contribution in [2.45, 2.75) is 22.1 Å². The van der Waals surface area contributed by atoms with Crippen LogP contribution in [0.15, 0.2) is 32.9 Å². The first kappa shape index (κ1) is 18.5. The number of hydrogen-bond donors (Lipinski definition) is 2. The average Bonchev–Trinajstić information content (AvgIpc) is 3.04. The molecule has 23 heavy (non-hydrogen) atoms. The van der Waals surface area contributed by atoms with Crippen molar-refractivity contribution in [3.8, 4) is 0 Å². The molecule has 5 nitrogen and oxygen atoms in total. The van der Waals surface area contributed by atoms with E-state index in [9.17, 15) is 4.79 Å². The third-order valence-corrected chi connectivity index (χ3v) is 5.73. The van der Waals surface area contributed by atoms with Crippen LogP contribution in [0.4, 0.5) is 5.69 Å². The van der Waals surface area contributed by atoms with Crippen molar-refractivity contribution >= 4 is 58.7 Å². The maximum Gasteiger partial charge on any atom is 0.227 e. The minimum atomic E-state index is 0. The van der Waals surface area contributed by atoms with Gasteiger partial charge in [0.05, 0.1) is 5.02 Å². The standard InChI is InChI=1S/C14H15ClN4OS2.ClH/c15-11-7-10(18-13(20)9-3-5-16-6-4-9)1-2-12(11)22-14-19-17-8-21-14;/h1-2,7-9,16H,3-6H2,(H,18,20);1H. The van der Waals surface area contributed by atoms with E-state index in [4.69, 9.17) is 11.6 Å². The number of benzene rings is 1. The number of hydrogen-bond acceptors (Lipinski definition) is 6. The zero-order valence-corrected chi connectivity index (χ0v) is 15.3. The second-order valence-electron chi connectivity index (χ2n) is 4.97. The lowest BCUT2D eigenvalue weighted by molar-refractivity contribution is -0.120. The van der Waals surface area contributed by atoms with E-state index < -0.39 is 0 Å². The molecule has 2 N–H and O–H groups in total. The molecule has 1 amide bonds. The molecular weight excluding hydrogens is 375 g/mol. The second-order valence-corrected chi connectivity index (χ2v) is 7.49. The second kappa shape index (κ2) is 8.84. The largest absolute Gasteiger partial charge is 0.326 e. The number of nitrogens with one attached hydrogen (secondary N) is 2. The van der Waals surface area contributed by atoms with Gasteiger partial charge >= 0.3 is 0 Å². The van der Waals surface area contributed by atoms with Crippen molar-refractivity contribution in [1.82, 2.24) is 15.5 Å². The first-order valence-corrected chi connectivity index (χ1v) is 9.05. The van der Waals surface area contributed by atoms with Crippen LogP contribution >= 0.6 is 47.1 Å². The summed E-state index contributed by atoms with van der Waals surface area (Å²) in [5.41, 5.74) is 2.42. The van der Waals surface area contributed by atoms with Crippen LogP contribution in [0.1, 0.15) is 12.8 Å². The van der Waals surface area contributed by atoms with Crippen LogP contribution < -0.4 is 10.6 Å². The van der Waals surface area contributed by atoms with E-state index in [1.807, 2.05) is 12.1 Å². The van der Waals surface area contributed by atoms with Gasteiger partial charge in [0, 0.05) is 16.5 Å². The normalized spacial score (nSPS) is 15.0. The number of carbonyl (C=O) groups is 1. The highest BCUT2D eigenvalue weighted by Gasteiger charge is 2.21. The van der Waals surface area contributed by atoms with Crippen LogP contribution in [-0.2, 0) is 4.79 Å². The van der Waals surface area contributed by atoms with Gasteiger partial charge in [0.15, 0.2) is 4.34 Å². The van der Waals surface area contributed by atoms with Crippen molar-refractivity contribution < 1.29 is 4.79 Å². The summed E-state index contributed by atoms with van der Waals surface area (Å²) in [4.78, 5) is 13.1. The fourth-order valence-electron chi connectivity index (χ4n) is 2.29. The van der Waals surface area contributed by atoms with Gasteiger partial charge in [-0.05, 0) is 44.1 Å². The average molecular weight is 391 g/mol. The number of amides is 1. The van der Waals surface area contributed by atoms with Gasteiger partial charge in [0.25, 0.3) is 0 Å². The van der Waals surface area contributed by atoms with Crippen molar-refractivity contribution in [3.05, 3.63) is 28.7 Å². The molecule has 1 saturated heterocycles. The molecule has 0 radical (unpaired) electrons. The molecule has 2 heterocycles. The predicted octanol–water partition coefficient (Wildman–Crippen LogP) is 3.70. The zero-order valence-electron chi connectivity index (χ0n) is 12.1. The number of piperidine rings is 1. The fourth-order valence-corrected chi connectivity index (χ4v) is 4.03. The van der Waals surface area contributed by atoms with Gasteiger partial charge in [-0.1, -0.05) is 34.7 Å². The molecule has 1 aromatic carbocycles. The lowest BCUT2D eigenvalue weighted by Crippen LogP contribution is -2.34. The van der Waals surface area contributed by atoms with Crippen molar-refractivity contribution in [3.63, 3.8) is 0 Å². The number of carbonyl (C=O) groups excluding carboxylic acids is 1. The summed E-state index contributed by atoms with van der Waals surface area (Å²) in [5, 5.41) is 14.6. The van der Waals surface area contributed by atoms with E-state index in [1.165, 1.54) is 23.1 Å². The lowest BCUT2D eigenvalue weighted by Gasteiger charge is -2.21. The molecule has 0 atom stereocenters. The van der Waals surface area contributed by atoms with Crippen LogP contribution in [0.2, 0.25) is 5.02 Å². The van der Waals surface area contributed by atoms with E-state index in [1.54, 1.807) is 11.6 Å². The van der Waals surface area contributed by atoms with Crippen LogP contribution in [0, 0.1) is 5.92 Å². The Morgan fingerprint density at radius 2 is 2.17 bits per heavy atom. The number of rotatable bonds is 4. The zero-order chi connectivity index (χ0) is 15.4. The Bertz CT molecular complexity index is 648. The van der Waals surface area contributed by atoms with Crippen LogP contribution in [0.3, 0.4) is 0 Å². The van der Waals surface area contributed by atoms with Crippen LogP contribution in [0.5, 0.6) is 0 Å². The summed E-state index contributed by atoms with van der Waals surface area (Å²) in [5.74, 6) is 0.151. The van der Waals surface area contributed by atoms with E-state index in [-0.39, 0.29) is 24.2 Å². The molecule has 0 bridgehead atoms. The summed E-state index contributed by atoms with van der Waals surface area (Å²) < 4.78 is 0.841. The SMILES string of the molecule is Cl.O=C(Nc1ccc(Sc2nncs2)c(Cl)c1)C1CCNCC1. The molecule has 2 aromatic rings. The van der Waals surface area contributed by atoms with E-state index in [2.05, 4.69) is 20.8 Å². The Morgan fingerprint density at radius 3 is 2.83 bits per heavy atom. The quantitative estimate of drug-likeness (QED) is 0.832. The minimum Gasteiger partial charge on any atom is -0.326 e. The van der Waals surface area contributed by atoms with Gasteiger partial charge < -0.3 is 10.6 Å². The molecule has 3 rings (SSSR count). The highest BCUT2D eigenvalue weighted by molar-refractivity contribution is 8.01. The summed E-state index contributed by atoms with van der Waals surface area (Å²) in [6.07, 6.45) is 1.76. The third kappa shape index (κ3) is 5.06. The Labute approximate surface area is 154 Å². The maximum absolute atomic E-state index is 12.2. The number of aromatic nitrogens is 2. The molecule has 1 aliphatic rings. The summed E-state index contributed by atoms with van der Waals surface area (Å²) in [6.45, 7) is 1.80. The number of anilines is 1. The van der Waals surface area contributed by atoms with Crippen LogP contribution in [0.25, 0.3) is 0 Å². The molecular formula is C14H16Cl2N4OS2. The van der Waals surface area contributed by atoms with Crippen LogP contribution in [-0.4, -0.2) is 29.2 Å². The monoisotopic (exact) mass is 390 g/mol. The molecule has 1 aromatic heterocycles. The molecule has 0 spiro atoms. The summed E-state index contributed by atoms with van der Waals surface area (Å²) in [7, 11) is 0. The first-order valence-electron chi connectivity index (χ1n) is 6.97. The molecule has 0 aliphatic carbocycles. The van der Waals surface area contributed by atoms with E-state index >= 15 is 0 Å². The van der Waals surface area contributed by atoms with Gasteiger partial charge in [-0.25, -0.2) is 0 Å². The maximum atomic E-state index is 12.2. The topological polar surface area (TPSA) is 66.9 Å². The molecule has 1 fully saturated rings. The lowest BCUT2D eigenvalue weighted by atomic mass is 9.97. The predicted molar refractivity (Wildman–Crippen MR) is 97.0 cm³/mol. The molecule has 1 aliphatic heterocycles. The van der Waals surface area contributed by atoms with Crippen molar-refractivity contribution in [2.24, 2.45) is 5.92 Å². The third-order valence-electron chi connectivity index (χ3n) is 3.45. The number of halogens is 2. The minimum absolute atomic E-state index is 0. The van der Waals surface area contributed by atoms with Gasteiger partial charge in [0.1, 0.15) is 5.51 Å². The molecule has 0 unspecified atom stereocenters. The Morgan fingerprint density at radius 1 is 1.39 bits per heavy atom.